The number of carbonyl (C=O) groups is 2. The van der Waals surface area contributed by atoms with Gasteiger partial charge in [0.2, 0.25) is 5.78 Å². The number of benzene rings is 2. The lowest BCUT2D eigenvalue weighted by Gasteiger charge is -2.09. The van der Waals surface area contributed by atoms with Crippen LogP contribution in [-0.4, -0.2) is 32.6 Å². The van der Waals surface area contributed by atoms with Crippen molar-refractivity contribution in [2.24, 2.45) is 0 Å². The number of hydrogen-bond acceptors (Lipinski definition) is 5. The van der Waals surface area contributed by atoms with E-state index in [1.807, 2.05) is 0 Å². The number of hydrogen-bond donors (Lipinski definition) is 0. The van der Waals surface area contributed by atoms with E-state index in [1.165, 1.54) is 44.6 Å². The third kappa shape index (κ3) is 5.07. The van der Waals surface area contributed by atoms with Crippen molar-refractivity contribution in [1.82, 2.24) is 0 Å². The SMILES string of the molecule is COc1ccc(OC)c(C(=O)COC(=O)/C=C/c2ccc(F)c(Cl)c2)c1. The van der Waals surface area contributed by atoms with E-state index >= 15 is 0 Å². The van der Waals surface area contributed by atoms with Gasteiger partial charge in [-0.1, -0.05) is 17.7 Å². The molecule has 2 rings (SSSR count). The van der Waals surface area contributed by atoms with Crippen molar-refractivity contribution in [2.45, 2.75) is 0 Å². The monoisotopic (exact) mass is 378 g/mol. The second-order valence-electron chi connectivity index (χ2n) is 5.10. The second-order valence-corrected chi connectivity index (χ2v) is 5.51. The highest BCUT2D eigenvalue weighted by Gasteiger charge is 2.15. The van der Waals surface area contributed by atoms with Crippen LogP contribution in [0, 0.1) is 5.82 Å². The van der Waals surface area contributed by atoms with Crippen molar-refractivity contribution in [1.29, 1.82) is 0 Å². The Kier molecular flexibility index (Phi) is 6.74. The Hall–Kier alpha value is -2.86. The van der Waals surface area contributed by atoms with Gasteiger partial charge in [-0.25, -0.2) is 9.18 Å². The minimum Gasteiger partial charge on any atom is -0.497 e. The van der Waals surface area contributed by atoms with Crippen LogP contribution in [0.1, 0.15) is 15.9 Å². The van der Waals surface area contributed by atoms with E-state index in [0.29, 0.717) is 17.1 Å². The average molecular weight is 379 g/mol. The lowest BCUT2D eigenvalue weighted by Crippen LogP contribution is -2.13. The largest absolute Gasteiger partial charge is 0.497 e. The third-order valence-electron chi connectivity index (χ3n) is 3.41. The predicted octanol–water partition coefficient (Wildman–Crippen LogP) is 3.94. The lowest BCUT2D eigenvalue weighted by atomic mass is 10.1. The number of esters is 1. The van der Waals surface area contributed by atoms with Crippen LogP contribution in [0.4, 0.5) is 4.39 Å². The van der Waals surface area contributed by atoms with Gasteiger partial charge in [-0.3, -0.25) is 4.79 Å². The highest BCUT2D eigenvalue weighted by molar-refractivity contribution is 6.30. The Bertz CT molecular complexity index is 848. The fourth-order valence-corrected chi connectivity index (χ4v) is 2.26. The van der Waals surface area contributed by atoms with E-state index in [1.54, 1.807) is 12.1 Å². The molecule has 0 atom stereocenters. The maximum Gasteiger partial charge on any atom is 0.331 e. The molecule has 0 aliphatic carbocycles. The molecule has 2 aromatic rings. The van der Waals surface area contributed by atoms with Gasteiger partial charge in [0.25, 0.3) is 0 Å². The number of ether oxygens (including phenoxy) is 3. The van der Waals surface area contributed by atoms with Crippen molar-refractivity contribution in [2.75, 3.05) is 20.8 Å². The molecule has 0 aliphatic heterocycles. The van der Waals surface area contributed by atoms with Crippen LogP contribution in [0.15, 0.2) is 42.5 Å². The molecule has 5 nitrogen and oxygen atoms in total. The zero-order chi connectivity index (χ0) is 19.1. The van der Waals surface area contributed by atoms with E-state index in [-0.39, 0.29) is 10.6 Å². The molecule has 0 spiro atoms. The molecule has 0 saturated heterocycles. The summed E-state index contributed by atoms with van der Waals surface area (Å²) in [5.41, 5.74) is 0.767. The van der Waals surface area contributed by atoms with E-state index < -0.39 is 24.2 Å². The Labute approximate surface area is 154 Å². The first-order chi connectivity index (χ1) is 12.4. The summed E-state index contributed by atoms with van der Waals surface area (Å²) in [4.78, 5) is 24.0. The minimum atomic E-state index is -0.722. The molecular formula is C19H16ClFO5. The van der Waals surface area contributed by atoms with Gasteiger partial charge in [0.05, 0.1) is 24.8 Å². The van der Waals surface area contributed by atoms with Gasteiger partial charge in [0.1, 0.15) is 17.3 Å². The molecule has 0 radical (unpaired) electrons. The molecule has 0 saturated carbocycles. The Morgan fingerprint density at radius 3 is 2.54 bits per heavy atom. The van der Waals surface area contributed by atoms with Crippen LogP contribution in [0.5, 0.6) is 11.5 Å². The molecule has 0 heterocycles. The zero-order valence-electron chi connectivity index (χ0n) is 14.1. The standard InChI is InChI=1S/C19H16ClFO5/c1-24-13-5-7-18(25-2)14(10-13)17(22)11-26-19(23)8-4-12-3-6-16(21)15(20)9-12/h3-10H,11H2,1-2H3/b8-4+. The number of methoxy groups -OCH3 is 2. The highest BCUT2D eigenvalue weighted by atomic mass is 35.5. The molecule has 2 aromatic carbocycles. The molecule has 0 N–H and O–H groups in total. The predicted molar refractivity (Wildman–Crippen MR) is 95.3 cm³/mol. The summed E-state index contributed by atoms with van der Waals surface area (Å²) in [6.07, 6.45) is 2.53. The van der Waals surface area contributed by atoms with Gasteiger partial charge in [-0.2, -0.15) is 0 Å². The minimum absolute atomic E-state index is 0.0548. The van der Waals surface area contributed by atoms with Crippen molar-refractivity contribution in [3.63, 3.8) is 0 Å². The lowest BCUT2D eigenvalue weighted by molar-refractivity contribution is -0.136. The van der Waals surface area contributed by atoms with Crippen molar-refractivity contribution in [3.05, 3.63) is 64.4 Å². The molecule has 0 amide bonds. The number of ketones is 1. The van der Waals surface area contributed by atoms with Gasteiger partial charge in [-0.15, -0.1) is 0 Å². The summed E-state index contributed by atoms with van der Waals surface area (Å²) in [5.74, 6) is -0.880. The van der Waals surface area contributed by atoms with Crippen LogP contribution in [0.2, 0.25) is 5.02 Å². The van der Waals surface area contributed by atoms with Crippen LogP contribution >= 0.6 is 11.6 Å². The van der Waals surface area contributed by atoms with Crippen LogP contribution in [0.25, 0.3) is 6.08 Å². The van der Waals surface area contributed by atoms with E-state index in [2.05, 4.69) is 0 Å². The number of Topliss-reactive ketones (excluding diaryl/α,β-unsaturated/α-hetero) is 1. The molecule has 0 aliphatic rings. The first kappa shape index (κ1) is 19.5. The molecular weight excluding hydrogens is 363 g/mol. The van der Waals surface area contributed by atoms with Crippen LogP contribution in [-0.2, 0) is 9.53 Å². The Morgan fingerprint density at radius 2 is 1.88 bits per heavy atom. The first-order valence-corrected chi connectivity index (χ1v) is 7.87. The van der Waals surface area contributed by atoms with E-state index in [0.717, 1.165) is 6.08 Å². The van der Waals surface area contributed by atoms with Gasteiger partial charge < -0.3 is 14.2 Å². The van der Waals surface area contributed by atoms with Gasteiger partial charge in [0, 0.05) is 6.08 Å². The fraction of sp³-hybridized carbons (Fsp3) is 0.158. The molecule has 0 unspecified atom stereocenters. The van der Waals surface area contributed by atoms with Crippen LogP contribution in [0.3, 0.4) is 0 Å². The first-order valence-electron chi connectivity index (χ1n) is 7.49. The van der Waals surface area contributed by atoms with Crippen LogP contribution < -0.4 is 9.47 Å². The molecule has 7 heteroatoms. The Morgan fingerprint density at radius 1 is 1.12 bits per heavy atom. The Balaban J connectivity index is 1.99. The third-order valence-corrected chi connectivity index (χ3v) is 3.70. The summed E-state index contributed by atoms with van der Waals surface area (Å²) in [6.45, 7) is -0.461. The van der Waals surface area contributed by atoms with E-state index in [9.17, 15) is 14.0 Å². The van der Waals surface area contributed by atoms with Crippen molar-refractivity contribution >= 4 is 29.4 Å². The summed E-state index contributed by atoms with van der Waals surface area (Å²) in [7, 11) is 2.91. The van der Waals surface area contributed by atoms with Crippen molar-refractivity contribution in [3.8, 4) is 11.5 Å². The zero-order valence-corrected chi connectivity index (χ0v) is 14.9. The summed E-state index contributed by atoms with van der Waals surface area (Å²) < 4.78 is 28.2. The molecule has 0 aromatic heterocycles. The van der Waals surface area contributed by atoms with E-state index in [4.69, 9.17) is 25.8 Å². The summed E-state index contributed by atoms with van der Waals surface area (Å²) in [5, 5.41) is -0.0548. The summed E-state index contributed by atoms with van der Waals surface area (Å²) in [6, 6.07) is 8.76. The average Bonchev–Trinajstić information content (AvgIpc) is 2.66. The maximum atomic E-state index is 13.1. The van der Waals surface area contributed by atoms with Crippen molar-refractivity contribution < 1.29 is 28.2 Å². The van der Waals surface area contributed by atoms with Gasteiger partial charge in [0.15, 0.2) is 6.61 Å². The van der Waals surface area contributed by atoms with Gasteiger partial charge >= 0.3 is 5.97 Å². The topological polar surface area (TPSA) is 61.8 Å². The molecule has 0 bridgehead atoms. The fourth-order valence-electron chi connectivity index (χ4n) is 2.07. The highest BCUT2D eigenvalue weighted by Crippen LogP contribution is 2.24. The second kappa shape index (κ2) is 9.01. The normalized spacial score (nSPS) is 10.6. The molecule has 26 heavy (non-hydrogen) atoms. The summed E-state index contributed by atoms with van der Waals surface area (Å²) >= 11 is 5.66. The maximum absolute atomic E-state index is 13.1. The molecule has 0 fully saturated rings. The quantitative estimate of drug-likeness (QED) is 0.415. The molecule has 136 valence electrons. The number of carbonyl (C=O) groups excluding carboxylic acids is 2. The van der Waals surface area contributed by atoms with Gasteiger partial charge in [-0.05, 0) is 42.0 Å². The number of halogens is 2. The number of rotatable bonds is 7. The smallest absolute Gasteiger partial charge is 0.331 e.